The number of hydrogen-bond donors (Lipinski definition) is 1. The molecule has 0 radical (unpaired) electrons. The minimum Gasteiger partial charge on any atom is -0.381 e. The van der Waals surface area contributed by atoms with Crippen molar-refractivity contribution < 1.29 is 4.74 Å². The summed E-state index contributed by atoms with van der Waals surface area (Å²) in [6.45, 7) is 8.33. The van der Waals surface area contributed by atoms with E-state index < -0.39 is 0 Å². The predicted molar refractivity (Wildman–Crippen MR) is 82.6 cm³/mol. The average molecular weight is 263 g/mol. The highest BCUT2D eigenvalue weighted by atomic mass is 16.5. The summed E-state index contributed by atoms with van der Waals surface area (Å²) in [6, 6.07) is 9.31. The lowest BCUT2D eigenvalue weighted by Crippen LogP contribution is -2.29. The van der Waals surface area contributed by atoms with Gasteiger partial charge in [-0.15, -0.1) is 0 Å². The second kappa shape index (κ2) is 9.11. The minimum absolute atomic E-state index is 0.502. The summed E-state index contributed by atoms with van der Waals surface area (Å²) in [7, 11) is 2.03. The van der Waals surface area contributed by atoms with E-state index in [0.29, 0.717) is 6.04 Å². The Bertz CT molecular complexity index is 332. The number of nitrogens with one attached hydrogen (secondary N) is 1. The van der Waals surface area contributed by atoms with Gasteiger partial charge in [0, 0.05) is 19.3 Å². The molecule has 0 fully saturated rings. The topological polar surface area (TPSA) is 21.3 Å². The number of ether oxygens (including phenoxy) is 1. The van der Waals surface area contributed by atoms with E-state index in [0.717, 1.165) is 38.4 Å². The molecular formula is C17H29NO. The molecule has 0 heterocycles. The van der Waals surface area contributed by atoms with Gasteiger partial charge >= 0.3 is 0 Å². The molecule has 1 N–H and O–H groups in total. The molecular weight excluding hydrogens is 234 g/mol. The Kier molecular flexibility index (Phi) is 7.76. The van der Waals surface area contributed by atoms with Crippen LogP contribution in [0.4, 0.5) is 0 Å². The molecule has 0 aliphatic heterocycles. The second-order valence-electron chi connectivity index (χ2n) is 5.76. The molecule has 2 nitrogen and oxygen atoms in total. The predicted octanol–water partition coefficient (Wildman–Crippen LogP) is 3.58. The molecule has 1 aromatic carbocycles. The van der Waals surface area contributed by atoms with Crippen LogP contribution in [0.1, 0.15) is 37.8 Å². The number of likely N-dealkylation sites (N-methyl/N-ethyl adjacent to an activating group) is 1. The molecule has 0 spiro atoms. The van der Waals surface area contributed by atoms with Crippen molar-refractivity contribution in [2.24, 2.45) is 5.92 Å². The minimum atomic E-state index is 0.502. The van der Waals surface area contributed by atoms with Crippen LogP contribution in [0.25, 0.3) is 0 Å². The summed E-state index contributed by atoms with van der Waals surface area (Å²) in [5, 5.41) is 3.38. The van der Waals surface area contributed by atoms with Crippen molar-refractivity contribution in [1.29, 1.82) is 0 Å². The van der Waals surface area contributed by atoms with Crippen LogP contribution in [-0.2, 0) is 11.2 Å². The zero-order chi connectivity index (χ0) is 14.1. The summed E-state index contributed by atoms with van der Waals surface area (Å²) < 4.78 is 5.69. The molecule has 1 rings (SSSR count). The largest absolute Gasteiger partial charge is 0.381 e. The molecule has 1 atom stereocenters. The standard InChI is InChI=1S/C17H29NO/c1-14(2)9-11-19-12-10-17(18-4)13-16-7-5-15(3)6-8-16/h5-8,14,17-18H,9-13H2,1-4H3. The number of benzene rings is 1. The molecule has 0 amide bonds. The van der Waals surface area contributed by atoms with Gasteiger partial charge in [-0.05, 0) is 44.7 Å². The van der Waals surface area contributed by atoms with Crippen LogP contribution in [0, 0.1) is 12.8 Å². The van der Waals surface area contributed by atoms with Gasteiger partial charge in [-0.1, -0.05) is 43.7 Å². The van der Waals surface area contributed by atoms with E-state index in [1.54, 1.807) is 0 Å². The molecule has 0 bridgehead atoms. The van der Waals surface area contributed by atoms with Crippen molar-refractivity contribution in [2.45, 2.75) is 46.1 Å². The second-order valence-corrected chi connectivity index (χ2v) is 5.76. The molecule has 2 heteroatoms. The summed E-state index contributed by atoms with van der Waals surface area (Å²) in [5.41, 5.74) is 2.72. The van der Waals surface area contributed by atoms with E-state index >= 15 is 0 Å². The molecule has 19 heavy (non-hydrogen) atoms. The third-order valence-corrected chi connectivity index (χ3v) is 3.46. The molecule has 108 valence electrons. The first-order chi connectivity index (χ1) is 9.11. The zero-order valence-corrected chi connectivity index (χ0v) is 12.9. The van der Waals surface area contributed by atoms with Crippen LogP contribution in [-0.4, -0.2) is 26.3 Å². The van der Waals surface area contributed by atoms with E-state index in [-0.39, 0.29) is 0 Å². The summed E-state index contributed by atoms with van der Waals surface area (Å²) in [4.78, 5) is 0. The first-order valence-electron chi connectivity index (χ1n) is 7.42. The van der Waals surface area contributed by atoms with Gasteiger partial charge in [0.05, 0.1) is 0 Å². The van der Waals surface area contributed by atoms with Crippen molar-refractivity contribution in [3.8, 4) is 0 Å². The van der Waals surface area contributed by atoms with Crippen LogP contribution in [0.5, 0.6) is 0 Å². The maximum atomic E-state index is 5.69. The van der Waals surface area contributed by atoms with Crippen molar-refractivity contribution in [2.75, 3.05) is 20.3 Å². The van der Waals surface area contributed by atoms with Crippen molar-refractivity contribution in [3.05, 3.63) is 35.4 Å². The Labute approximate surface area is 118 Å². The fourth-order valence-corrected chi connectivity index (χ4v) is 2.00. The van der Waals surface area contributed by atoms with Gasteiger partial charge < -0.3 is 10.1 Å². The summed E-state index contributed by atoms with van der Waals surface area (Å²) in [5.74, 6) is 0.729. The fraction of sp³-hybridized carbons (Fsp3) is 0.647. The zero-order valence-electron chi connectivity index (χ0n) is 12.9. The summed E-state index contributed by atoms with van der Waals surface area (Å²) >= 11 is 0. The number of hydrogen-bond acceptors (Lipinski definition) is 2. The Balaban J connectivity index is 2.24. The lowest BCUT2D eigenvalue weighted by atomic mass is 10.0. The highest BCUT2D eigenvalue weighted by molar-refractivity contribution is 5.22. The maximum Gasteiger partial charge on any atom is 0.0480 e. The van der Waals surface area contributed by atoms with E-state index in [1.807, 2.05) is 7.05 Å². The van der Waals surface area contributed by atoms with Gasteiger partial charge in [0.1, 0.15) is 0 Å². The average Bonchev–Trinajstić information content (AvgIpc) is 2.39. The monoisotopic (exact) mass is 263 g/mol. The van der Waals surface area contributed by atoms with Crippen LogP contribution in [0.15, 0.2) is 24.3 Å². The number of aryl methyl sites for hydroxylation is 1. The Morgan fingerprint density at radius 2 is 1.68 bits per heavy atom. The smallest absolute Gasteiger partial charge is 0.0480 e. The quantitative estimate of drug-likeness (QED) is 0.688. The van der Waals surface area contributed by atoms with Gasteiger partial charge in [-0.25, -0.2) is 0 Å². The maximum absolute atomic E-state index is 5.69. The van der Waals surface area contributed by atoms with Crippen LogP contribution in [0.3, 0.4) is 0 Å². The van der Waals surface area contributed by atoms with Gasteiger partial charge in [0.15, 0.2) is 0 Å². The first kappa shape index (κ1) is 16.2. The highest BCUT2D eigenvalue weighted by Crippen LogP contribution is 2.08. The van der Waals surface area contributed by atoms with E-state index in [9.17, 15) is 0 Å². The number of rotatable bonds is 9. The lowest BCUT2D eigenvalue weighted by Gasteiger charge is -2.16. The Morgan fingerprint density at radius 3 is 2.26 bits per heavy atom. The fourth-order valence-electron chi connectivity index (χ4n) is 2.00. The molecule has 0 aromatic heterocycles. The van der Waals surface area contributed by atoms with Gasteiger partial charge in [0.2, 0.25) is 0 Å². The molecule has 0 saturated carbocycles. The van der Waals surface area contributed by atoms with Crippen LogP contribution in [0.2, 0.25) is 0 Å². The van der Waals surface area contributed by atoms with Crippen molar-refractivity contribution in [3.63, 3.8) is 0 Å². The first-order valence-corrected chi connectivity index (χ1v) is 7.42. The Hall–Kier alpha value is -0.860. The van der Waals surface area contributed by atoms with E-state index in [2.05, 4.69) is 50.4 Å². The van der Waals surface area contributed by atoms with E-state index in [1.165, 1.54) is 11.1 Å². The van der Waals surface area contributed by atoms with Gasteiger partial charge in [0.25, 0.3) is 0 Å². The summed E-state index contributed by atoms with van der Waals surface area (Å²) in [6.07, 6.45) is 3.30. The Morgan fingerprint density at radius 1 is 1.05 bits per heavy atom. The molecule has 0 aliphatic rings. The van der Waals surface area contributed by atoms with Gasteiger partial charge in [-0.3, -0.25) is 0 Å². The normalized spacial score (nSPS) is 12.9. The third kappa shape index (κ3) is 7.34. The SMILES string of the molecule is CNC(CCOCCC(C)C)Cc1ccc(C)cc1. The molecule has 1 unspecified atom stereocenters. The third-order valence-electron chi connectivity index (χ3n) is 3.46. The van der Waals surface area contributed by atoms with Crippen molar-refractivity contribution >= 4 is 0 Å². The van der Waals surface area contributed by atoms with E-state index in [4.69, 9.17) is 4.74 Å². The van der Waals surface area contributed by atoms with Crippen molar-refractivity contribution in [1.82, 2.24) is 5.32 Å². The van der Waals surface area contributed by atoms with Gasteiger partial charge in [-0.2, -0.15) is 0 Å². The molecule has 0 aliphatic carbocycles. The van der Waals surface area contributed by atoms with Crippen LogP contribution < -0.4 is 5.32 Å². The lowest BCUT2D eigenvalue weighted by molar-refractivity contribution is 0.115. The molecule has 0 saturated heterocycles. The van der Waals surface area contributed by atoms with Crippen LogP contribution >= 0.6 is 0 Å². The highest BCUT2D eigenvalue weighted by Gasteiger charge is 2.07. The molecule has 1 aromatic rings.